The number of rotatable bonds is 6. The molecule has 1 aromatic carbocycles. The lowest BCUT2D eigenvalue weighted by Gasteiger charge is -2.38. The number of piperazine rings is 1. The monoisotopic (exact) mass is 477 g/mol. The van der Waals surface area contributed by atoms with E-state index in [1.54, 1.807) is 46.9 Å². The van der Waals surface area contributed by atoms with Gasteiger partial charge in [-0.15, -0.1) is 22.9 Å². The van der Waals surface area contributed by atoms with Crippen molar-refractivity contribution in [3.05, 3.63) is 70.8 Å². The first kappa shape index (κ1) is 22.5. The van der Waals surface area contributed by atoms with Gasteiger partial charge in [0.2, 0.25) is 10.0 Å². The van der Waals surface area contributed by atoms with E-state index in [1.807, 2.05) is 0 Å². The zero-order valence-corrected chi connectivity index (χ0v) is 20.3. The maximum atomic E-state index is 13.2. The lowest BCUT2D eigenvalue weighted by molar-refractivity contribution is 0.379. The molecule has 0 saturated carbocycles. The maximum Gasteiger partial charge on any atom is 0.222 e. The molecule has 1 saturated heterocycles. The molecule has 2 aromatic rings. The molecular weight excluding hydrogens is 450 g/mol. The summed E-state index contributed by atoms with van der Waals surface area (Å²) in [6.45, 7) is 6.04. The second-order valence-electron chi connectivity index (χ2n) is 8.22. The molecule has 31 heavy (non-hydrogen) atoms. The smallest absolute Gasteiger partial charge is 0.222 e. The first-order valence-electron chi connectivity index (χ1n) is 10.6. The first-order valence-corrected chi connectivity index (χ1v) is 13.4. The third-order valence-electron chi connectivity index (χ3n) is 5.92. The van der Waals surface area contributed by atoms with Crippen LogP contribution in [-0.2, 0) is 22.9 Å². The Labute approximate surface area is 194 Å². The molecule has 5 nitrogen and oxygen atoms in total. The summed E-state index contributed by atoms with van der Waals surface area (Å²) in [6, 6.07) is 8.68. The number of thiazole rings is 1. The van der Waals surface area contributed by atoms with Gasteiger partial charge in [0.15, 0.2) is 5.13 Å². The molecule has 0 bridgehead atoms. The molecule has 2 unspecified atom stereocenters. The van der Waals surface area contributed by atoms with Crippen molar-refractivity contribution in [3.8, 4) is 0 Å². The molecule has 1 aliphatic heterocycles. The van der Waals surface area contributed by atoms with Crippen LogP contribution in [0.3, 0.4) is 0 Å². The minimum absolute atomic E-state index is 0.441. The zero-order valence-electron chi connectivity index (χ0n) is 17.9. The number of hydrogen-bond acceptors (Lipinski definition) is 5. The summed E-state index contributed by atoms with van der Waals surface area (Å²) in [5, 5.41) is 2.31. The highest BCUT2D eigenvalue weighted by atomic mass is 35.5. The highest BCUT2D eigenvalue weighted by Crippen LogP contribution is 2.33. The van der Waals surface area contributed by atoms with E-state index in [0.717, 1.165) is 23.7 Å². The fraction of sp³-hybridized carbons (Fsp3) is 0.435. The summed E-state index contributed by atoms with van der Waals surface area (Å²) in [7, 11) is -3.52. The van der Waals surface area contributed by atoms with Gasteiger partial charge in [-0.2, -0.15) is 4.31 Å². The van der Waals surface area contributed by atoms with Crippen molar-refractivity contribution < 1.29 is 8.42 Å². The number of halogens is 1. The SMILES string of the molecule is CCc1ccc(Cc2csc(N3CCN(S(=O)(=O)C4C=CC=CC4(C)Cl)CC3)n2)cc1. The molecule has 8 heteroatoms. The predicted molar refractivity (Wildman–Crippen MR) is 130 cm³/mol. The molecule has 1 fully saturated rings. The van der Waals surface area contributed by atoms with Gasteiger partial charge in [-0.1, -0.05) is 55.5 Å². The van der Waals surface area contributed by atoms with Gasteiger partial charge in [0.05, 0.1) is 10.6 Å². The average molecular weight is 478 g/mol. The Hall–Kier alpha value is -1.67. The minimum Gasteiger partial charge on any atom is -0.345 e. The van der Waals surface area contributed by atoms with Crippen molar-refractivity contribution in [2.45, 2.75) is 36.8 Å². The maximum absolute atomic E-state index is 13.2. The Balaban J connectivity index is 1.38. The van der Waals surface area contributed by atoms with Crippen molar-refractivity contribution >= 4 is 38.1 Å². The van der Waals surface area contributed by atoms with E-state index in [9.17, 15) is 8.42 Å². The molecule has 4 rings (SSSR count). The molecular formula is C23H28ClN3O2S2. The summed E-state index contributed by atoms with van der Waals surface area (Å²) in [5.41, 5.74) is 3.64. The summed E-state index contributed by atoms with van der Waals surface area (Å²) in [6.07, 6.45) is 8.85. The quantitative estimate of drug-likeness (QED) is 0.584. The van der Waals surface area contributed by atoms with Crippen LogP contribution in [0.1, 0.15) is 30.7 Å². The van der Waals surface area contributed by atoms with Gasteiger partial charge in [0, 0.05) is 38.0 Å². The lowest BCUT2D eigenvalue weighted by Crippen LogP contribution is -2.54. The Morgan fingerprint density at radius 2 is 1.81 bits per heavy atom. The number of aromatic nitrogens is 1. The Bertz CT molecular complexity index is 1070. The second-order valence-corrected chi connectivity index (χ2v) is 11.9. The van der Waals surface area contributed by atoms with Crippen molar-refractivity contribution in [2.24, 2.45) is 0 Å². The van der Waals surface area contributed by atoms with E-state index in [-0.39, 0.29) is 0 Å². The van der Waals surface area contributed by atoms with E-state index >= 15 is 0 Å². The Morgan fingerprint density at radius 3 is 2.45 bits per heavy atom. The van der Waals surface area contributed by atoms with Crippen LogP contribution in [0, 0.1) is 0 Å². The third kappa shape index (κ3) is 4.90. The van der Waals surface area contributed by atoms with Crippen molar-refractivity contribution in [3.63, 3.8) is 0 Å². The lowest BCUT2D eigenvalue weighted by atomic mass is 10.0. The number of alkyl halides is 1. The normalized spacial score (nSPS) is 24.6. The highest BCUT2D eigenvalue weighted by molar-refractivity contribution is 7.90. The summed E-state index contributed by atoms with van der Waals surface area (Å²) >= 11 is 8.11. The van der Waals surface area contributed by atoms with Crippen LogP contribution in [-0.4, -0.2) is 54.0 Å². The number of nitrogens with zero attached hydrogens (tertiary/aromatic N) is 3. The largest absolute Gasteiger partial charge is 0.345 e. The number of hydrogen-bond donors (Lipinski definition) is 0. The van der Waals surface area contributed by atoms with E-state index in [1.165, 1.54) is 11.1 Å². The molecule has 2 aliphatic rings. The fourth-order valence-electron chi connectivity index (χ4n) is 4.00. The second kappa shape index (κ2) is 9.06. The fourth-order valence-corrected chi connectivity index (χ4v) is 7.31. The predicted octanol–water partition coefficient (Wildman–Crippen LogP) is 4.24. The molecule has 1 aromatic heterocycles. The number of aryl methyl sites for hydroxylation is 1. The first-order chi connectivity index (χ1) is 14.8. The number of benzene rings is 1. The Morgan fingerprint density at radius 1 is 1.13 bits per heavy atom. The summed E-state index contributed by atoms with van der Waals surface area (Å²) < 4.78 is 27.9. The highest BCUT2D eigenvalue weighted by Gasteiger charge is 2.43. The zero-order chi connectivity index (χ0) is 22.1. The number of anilines is 1. The van der Waals surface area contributed by atoms with E-state index in [0.29, 0.717) is 26.2 Å². The molecule has 0 N–H and O–H groups in total. The molecule has 0 amide bonds. The van der Waals surface area contributed by atoms with Crippen LogP contribution in [0.2, 0.25) is 0 Å². The van der Waals surface area contributed by atoms with Crippen LogP contribution >= 0.6 is 22.9 Å². The van der Waals surface area contributed by atoms with Crippen LogP contribution in [0.4, 0.5) is 5.13 Å². The topological polar surface area (TPSA) is 53.5 Å². The van der Waals surface area contributed by atoms with Gasteiger partial charge in [0.1, 0.15) is 5.25 Å². The van der Waals surface area contributed by atoms with Gasteiger partial charge < -0.3 is 4.90 Å². The molecule has 2 heterocycles. The van der Waals surface area contributed by atoms with E-state index in [4.69, 9.17) is 16.6 Å². The summed E-state index contributed by atoms with van der Waals surface area (Å²) in [5.74, 6) is 0. The van der Waals surface area contributed by atoms with Gasteiger partial charge in [-0.25, -0.2) is 13.4 Å². The standard InChI is InChI=1S/C23H28ClN3O2S2/c1-3-18-7-9-19(10-8-18)16-20-17-30-22(25-20)26-12-14-27(15-13-26)31(28,29)21-6-4-5-11-23(21,2)24/h4-11,17,21H,3,12-16H2,1-2H3. The average Bonchev–Trinajstić information content (AvgIpc) is 3.22. The van der Waals surface area contributed by atoms with E-state index < -0.39 is 20.1 Å². The van der Waals surface area contributed by atoms with Crippen molar-refractivity contribution in [1.29, 1.82) is 0 Å². The van der Waals surface area contributed by atoms with Crippen molar-refractivity contribution in [1.82, 2.24) is 9.29 Å². The van der Waals surface area contributed by atoms with Crippen LogP contribution in [0.25, 0.3) is 0 Å². The molecule has 2 atom stereocenters. The van der Waals surface area contributed by atoms with Crippen molar-refractivity contribution in [2.75, 3.05) is 31.1 Å². The molecule has 1 aliphatic carbocycles. The molecule has 166 valence electrons. The number of allylic oxidation sites excluding steroid dienone is 3. The third-order valence-corrected chi connectivity index (χ3v) is 9.74. The van der Waals surface area contributed by atoms with Gasteiger partial charge in [0.25, 0.3) is 0 Å². The van der Waals surface area contributed by atoms with Gasteiger partial charge >= 0.3 is 0 Å². The number of sulfonamides is 1. The minimum atomic E-state index is -3.52. The molecule has 0 spiro atoms. The Kier molecular flexibility index (Phi) is 6.58. The van der Waals surface area contributed by atoms with Crippen LogP contribution < -0.4 is 4.90 Å². The summed E-state index contributed by atoms with van der Waals surface area (Å²) in [4.78, 5) is 6.06. The van der Waals surface area contributed by atoms with Gasteiger partial charge in [-0.3, -0.25) is 0 Å². The molecule has 0 radical (unpaired) electrons. The van der Waals surface area contributed by atoms with Crippen LogP contribution in [0.5, 0.6) is 0 Å². The van der Waals surface area contributed by atoms with Crippen LogP contribution in [0.15, 0.2) is 53.9 Å². The van der Waals surface area contributed by atoms with E-state index in [2.05, 4.69) is 41.5 Å². The van der Waals surface area contributed by atoms with Gasteiger partial charge in [-0.05, 0) is 24.5 Å².